The first-order valence-corrected chi connectivity index (χ1v) is 6.42. The van der Waals surface area contributed by atoms with Crippen molar-refractivity contribution in [3.8, 4) is 0 Å². The zero-order valence-electron chi connectivity index (χ0n) is 10.8. The topological polar surface area (TPSA) is 41.6 Å². The number of ether oxygens (including phenoxy) is 1. The Morgan fingerprint density at radius 2 is 2.28 bits per heavy atom. The van der Waals surface area contributed by atoms with E-state index < -0.39 is 0 Å². The molecule has 2 aliphatic heterocycles. The Labute approximate surface area is 107 Å². The maximum atomic E-state index is 12.6. The van der Waals surface area contributed by atoms with Gasteiger partial charge in [0.2, 0.25) is 0 Å². The number of nitrogens with zero attached hydrogens (tertiary/aromatic N) is 1. The van der Waals surface area contributed by atoms with E-state index >= 15 is 0 Å². The van der Waals surface area contributed by atoms with Gasteiger partial charge >= 0.3 is 0 Å². The summed E-state index contributed by atoms with van der Waals surface area (Å²) >= 11 is 0. The third-order valence-electron chi connectivity index (χ3n) is 3.95. The molecule has 96 valence electrons. The molecule has 2 heterocycles. The van der Waals surface area contributed by atoms with Crippen molar-refractivity contribution >= 4 is 11.6 Å². The monoisotopic (exact) mass is 246 g/mol. The zero-order chi connectivity index (χ0) is 12.7. The quantitative estimate of drug-likeness (QED) is 0.824. The standard InChI is InChI=1S/C14H18N2O2/c1-9-5-3-6-10-12(9)14(17)16-8-4-7-11(16)13(15-10)18-2/h3,5-6,11,13,15H,4,7-8H2,1-2H3. The van der Waals surface area contributed by atoms with E-state index in [1.54, 1.807) is 7.11 Å². The Hall–Kier alpha value is -1.55. The molecule has 2 atom stereocenters. The van der Waals surface area contributed by atoms with Crippen molar-refractivity contribution in [2.24, 2.45) is 0 Å². The molecule has 1 N–H and O–H groups in total. The molecule has 0 saturated carbocycles. The summed E-state index contributed by atoms with van der Waals surface area (Å²) in [6.07, 6.45) is 1.95. The summed E-state index contributed by atoms with van der Waals surface area (Å²) in [6, 6.07) is 6.05. The molecule has 2 unspecified atom stereocenters. The maximum Gasteiger partial charge on any atom is 0.256 e. The van der Waals surface area contributed by atoms with Crippen molar-refractivity contribution in [2.45, 2.75) is 32.0 Å². The Bertz CT molecular complexity index is 487. The van der Waals surface area contributed by atoms with Crippen LogP contribution in [0.3, 0.4) is 0 Å². The fourth-order valence-corrected chi connectivity index (χ4v) is 3.04. The van der Waals surface area contributed by atoms with Crippen molar-refractivity contribution in [2.75, 3.05) is 19.0 Å². The van der Waals surface area contributed by atoms with Gasteiger partial charge in [0.15, 0.2) is 0 Å². The van der Waals surface area contributed by atoms with Gasteiger partial charge in [-0.05, 0) is 31.4 Å². The van der Waals surface area contributed by atoms with Crippen molar-refractivity contribution in [1.29, 1.82) is 0 Å². The number of benzene rings is 1. The van der Waals surface area contributed by atoms with Crippen LogP contribution in [0.1, 0.15) is 28.8 Å². The van der Waals surface area contributed by atoms with Crippen LogP contribution in [0.2, 0.25) is 0 Å². The number of methoxy groups -OCH3 is 1. The molecule has 0 bridgehead atoms. The molecule has 0 aromatic heterocycles. The number of carbonyl (C=O) groups is 1. The largest absolute Gasteiger partial charge is 0.360 e. The molecule has 0 radical (unpaired) electrons. The Morgan fingerprint density at radius 1 is 1.44 bits per heavy atom. The van der Waals surface area contributed by atoms with E-state index in [0.717, 1.165) is 36.2 Å². The van der Waals surface area contributed by atoms with Crippen LogP contribution < -0.4 is 5.32 Å². The smallest absolute Gasteiger partial charge is 0.256 e. The molecule has 1 aromatic carbocycles. The number of carbonyl (C=O) groups excluding carboxylic acids is 1. The van der Waals surface area contributed by atoms with Crippen LogP contribution in [0, 0.1) is 6.92 Å². The summed E-state index contributed by atoms with van der Waals surface area (Å²) in [6.45, 7) is 2.81. The fourth-order valence-electron chi connectivity index (χ4n) is 3.04. The van der Waals surface area contributed by atoms with E-state index in [0.29, 0.717) is 0 Å². The summed E-state index contributed by atoms with van der Waals surface area (Å²) in [5, 5.41) is 3.37. The molecule has 4 heteroatoms. The second-order valence-electron chi connectivity index (χ2n) is 5.01. The van der Waals surface area contributed by atoms with Crippen LogP contribution in [0.5, 0.6) is 0 Å². The van der Waals surface area contributed by atoms with Gasteiger partial charge in [-0.25, -0.2) is 0 Å². The molecule has 1 fully saturated rings. The first kappa shape index (κ1) is 11.5. The average Bonchev–Trinajstić information content (AvgIpc) is 2.80. The lowest BCUT2D eigenvalue weighted by Crippen LogP contribution is -2.44. The molecule has 2 aliphatic rings. The predicted molar refractivity (Wildman–Crippen MR) is 69.7 cm³/mol. The number of aryl methyl sites for hydroxylation is 1. The van der Waals surface area contributed by atoms with Crippen molar-refractivity contribution in [1.82, 2.24) is 4.90 Å². The minimum atomic E-state index is -0.112. The average molecular weight is 246 g/mol. The Kier molecular flexibility index (Phi) is 2.74. The van der Waals surface area contributed by atoms with Crippen molar-refractivity contribution in [3.05, 3.63) is 29.3 Å². The van der Waals surface area contributed by atoms with E-state index in [1.165, 1.54) is 0 Å². The number of fused-ring (bicyclic) bond motifs is 2. The van der Waals surface area contributed by atoms with Gasteiger partial charge < -0.3 is 15.0 Å². The predicted octanol–water partition coefficient (Wildman–Crippen LogP) is 2.00. The molecule has 1 saturated heterocycles. The summed E-state index contributed by atoms with van der Waals surface area (Å²) in [5.41, 5.74) is 2.71. The minimum absolute atomic E-state index is 0.112. The Balaban J connectivity index is 2.11. The normalized spacial score (nSPS) is 26.3. The molecular formula is C14H18N2O2. The highest BCUT2D eigenvalue weighted by atomic mass is 16.5. The lowest BCUT2D eigenvalue weighted by atomic mass is 10.1. The number of hydrogen-bond donors (Lipinski definition) is 1. The molecule has 18 heavy (non-hydrogen) atoms. The summed E-state index contributed by atoms with van der Waals surface area (Å²) in [7, 11) is 1.69. The lowest BCUT2D eigenvalue weighted by molar-refractivity contribution is 0.0420. The van der Waals surface area contributed by atoms with Crippen LogP contribution in [0.4, 0.5) is 5.69 Å². The highest BCUT2D eigenvalue weighted by molar-refractivity contribution is 6.02. The van der Waals surface area contributed by atoms with E-state index in [4.69, 9.17) is 4.74 Å². The van der Waals surface area contributed by atoms with E-state index in [-0.39, 0.29) is 18.2 Å². The SMILES string of the molecule is COC1Nc2cccc(C)c2C(=O)N2CCCC12. The number of nitrogens with one attached hydrogen (secondary N) is 1. The summed E-state index contributed by atoms with van der Waals surface area (Å²) in [4.78, 5) is 14.6. The summed E-state index contributed by atoms with van der Waals surface area (Å²) in [5.74, 6) is 0.137. The molecule has 0 aliphatic carbocycles. The number of anilines is 1. The van der Waals surface area contributed by atoms with Gasteiger partial charge in [-0.15, -0.1) is 0 Å². The Morgan fingerprint density at radius 3 is 3.06 bits per heavy atom. The molecule has 4 nitrogen and oxygen atoms in total. The fraction of sp³-hybridized carbons (Fsp3) is 0.500. The second-order valence-corrected chi connectivity index (χ2v) is 5.01. The molecule has 0 spiro atoms. The van der Waals surface area contributed by atoms with Gasteiger partial charge in [-0.1, -0.05) is 12.1 Å². The van der Waals surface area contributed by atoms with E-state index in [9.17, 15) is 4.79 Å². The van der Waals surface area contributed by atoms with Gasteiger partial charge in [-0.3, -0.25) is 4.79 Å². The molecular weight excluding hydrogens is 228 g/mol. The van der Waals surface area contributed by atoms with Gasteiger partial charge in [0.05, 0.1) is 11.6 Å². The van der Waals surface area contributed by atoms with Crippen LogP contribution in [0.15, 0.2) is 18.2 Å². The van der Waals surface area contributed by atoms with Gasteiger partial charge in [-0.2, -0.15) is 0 Å². The second kappa shape index (κ2) is 4.28. The van der Waals surface area contributed by atoms with Crippen LogP contribution in [-0.2, 0) is 4.74 Å². The number of rotatable bonds is 1. The lowest BCUT2D eigenvalue weighted by Gasteiger charge is -2.28. The van der Waals surface area contributed by atoms with Gasteiger partial charge in [0.25, 0.3) is 5.91 Å². The number of hydrogen-bond acceptors (Lipinski definition) is 3. The third-order valence-corrected chi connectivity index (χ3v) is 3.95. The van der Waals surface area contributed by atoms with Gasteiger partial charge in [0.1, 0.15) is 6.23 Å². The number of amides is 1. The first-order valence-electron chi connectivity index (χ1n) is 6.42. The van der Waals surface area contributed by atoms with Crippen LogP contribution in [-0.4, -0.2) is 36.7 Å². The molecule has 1 amide bonds. The minimum Gasteiger partial charge on any atom is -0.360 e. The van der Waals surface area contributed by atoms with E-state index in [2.05, 4.69) is 5.32 Å². The zero-order valence-corrected chi connectivity index (χ0v) is 10.8. The summed E-state index contributed by atoms with van der Waals surface area (Å²) < 4.78 is 5.53. The maximum absolute atomic E-state index is 12.6. The van der Waals surface area contributed by atoms with E-state index in [1.807, 2.05) is 30.0 Å². The van der Waals surface area contributed by atoms with Crippen LogP contribution >= 0.6 is 0 Å². The van der Waals surface area contributed by atoms with Gasteiger partial charge in [0, 0.05) is 19.3 Å². The first-order chi connectivity index (χ1) is 8.72. The molecule has 1 aromatic rings. The third kappa shape index (κ3) is 1.60. The van der Waals surface area contributed by atoms with Crippen molar-refractivity contribution < 1.29 is 9.53 Å². The highest BCUT2D eigenvalue weighted by Crippen LogP contribution is 2.32. The van der Waals surface area contributed by atoms with Crippen LogP contribution in [0.25, 0.3) is 0 Å². The molecule has 3 rings (SSSR count). The van der Waals surface area contributed by atoms with Crippen molar-refractivity contribution in [3.63, 3.8) is 0 Å². The highest BCUT2D eigenvalue weighted by Gasteiger charge is 2.39.